The van der Waals surface area contributed by atoms with Crippen LogP contribution in [0.3, 0.4) is 0 Å². The van der Waals surface area contributed by atoms with Crippen LogP contribution in [-0.2, 0) is 22.6 Å². The molecule has 140 valence electrons. The van der Waals surface area contributed by atoms with Crippen LogP contribution in [0.1, 0.15) is 22.3 Å². The number of carbonyl (C=O) groups is 1. The maximum absolute atomic E-state index is 13.7. The van der Waals surface area contributed by atoms with Gasteiger partial charge in [0, 0.05) is 17.0 Å². The zero-order valence-electron chi connectivity index (χ0n) is 15.3. The summed E-state index contributed by atoms with van der Waals surface area (Å²) in [6, 6.07) is 9.30. The highest BCUT2D eigenvalue weighted by molar-refractivity contribution is 5.82. The molecule has 2 aromatic carbocycles. The zero-order valence-corrected chi connectivity index (χ0v) is 15.3. The van der Waals surface area contributed by atoms with Crippen LogP contribution < -0.4 is 10.4 Å². The molecule has 0 fully saturated rings. The smallest absolute Gasteiger partial charge is 0.336 e. The highest BCUT2D eigenvalue weighted by Crippen LogP contribution is 2.22. The summed E-state index contributed by atoms with van der Waals surface area (Å²) in [7, 11) is 1.37. The molecule has 0 saturated heterocycles. The molecule has 3 aromatic rings. The molecule has 0 aliphatic rings. The Balaban J connectivity index is 1.76. The van der Waals surface area contributed by atoms with Crippen LogP contribution in [0.5, 0.6) is 5.75 Å². The third kappa shape index (κ3) is 4.16. The molecular weight excluding hydrogens is 351 g/mol. The van der Waals surface area contributed by atoms with Crippen molar-refractivity contribution in [2.75, 3.05) is 7.11 Å². The normalized spacial score (nSPS) is 10.8. The van der Waals surface area contributed by atoms with Gasteiger partial charge in [0.1, 0.15) is 12.2 Å². The van der Waals surface area contributed by atoms with Gasteiger partial charge < -0.3 is 13.9 Å². The summed E-state index contributed by atoms with van der Waals surface area (Å²) >= 11 is 0. The molecule has 5 nitrogen and oxygen atoms in total. The first-order valence-electron chi connectivity index (χ1n) is 8.39. The van der Waals surface area contributed by atoms with Crippen LogP contribution in [-0.4, -0.2) is 13.1 Å². The molecule has 27 heavy (non-hydrogen) atoms. The maximum Gasteiger partial charge on any atom is 0.336 e. The summed E-state index contributed by atoms with van der Waals surface area (Å²) in [5, 5.41) is 0.723. The predicted molar refractivity (Wildman–Crippen MR) is 98.4 cm³/mol. The molecule has 0 N–H and O–H groups in total. The number of rotatable bonds is 5. The van der Waals surface area contributed by atoms with E-state index in [1.807, 2.05) is 19.9 Å². The highest BCUT2D eigenvalue weighted by Gasteiger charge is 2.12. The number of esters is 1. The zero-order chi connectivity index (χ0) is 19.6. The molecular formula is C21H19FO5. The van der Waals surface area contributed by atoms with Gasteiger partial charge in [-0.1, -0.05) is 6.07 Å². The van der Waals surface area contributed by atoms with Gasteiger partial charge in [0.2, 0.25) is 0 Å². The minimum Gasteiger partial charge on any atom is -0.494 e. The molecule has 6 heteroatoms. The van der Waals surface area contributed by atoms with Gasteiger partial charge in [0.25, 0.3) is 0 Å². The molecule has 0 aliphatic heterocycles. The van der Waals surface area contributed by atoms with E-state index in [0.717, 1.165) is 16.5 Å². The fraction of sp³-hybridized carbons (Fsp3) is 0.238. The Labute approximate surface area is 155 Å². The standard InChI is InChI=1S/C21H19FO5/c1-12-6-16-15(10-21(24)27-19(16)7-13(12)2)11-26-20(23)9-14-4-5-18(25-3)17(22)8-14/h4-8,10H,9,11H2,1-3H3. The minimum absolute atomic E-state index is 0.0674. The summed E-state index contributed by atoms with van der Waals surface area (Å²) in [6.07, 6.45) is -0.0849. The second-order valence-corrected chi connectivity index (χ2v) is 6.33. The molecule has 1 heterocycles. The van der Waals surface area contributed by atoms with Gasteiger partial charge >= 0.3 is 11.6 Å². The third-order valence-electron chi connectivity index (χ3n) is 4.40. The topological polar surface area (TPSA) is 65.7 Å². The number of benzene rings is 2. The number of halogens is 1. The van der Waals surface area contributed by atoms with Gasteiger partial charge in [0.05, 0.1) is 13.5 Å². The fourth-order valence-electron chi connectivity index (χ4n) is 2.80. The first-order chi connectivity index (χ1) is 12.9. The largest absolute Gasteiger partial charge is 0.494 e. The van der Waals surface area contributed by atoms with Crippen molar-refractivity contribution >= 4 is 16.9 Å². The van der Waals surface area contributed by atoms with E-state index in [4.69, 9.17) is 13.9 Å². The quantitative estimate of drug-likeness (QED) is 0.504. The van der Waals surface area contributed by atoms with Crippen LogP contribution in [0, 0.1) is 19.7 Å². The van der Waals surface area contributed by atoms with Crippen molar-refractivity contribution in [3.05, 3.63) is 74.9 Å². The third-order valence-corrected chi connectivity index (χ3v) is 4.40. The lowest BCUT2D eigenvalue weighted by Crippen LogP contribution is -2.10. The average molecular weight is 370 g/mol. The Morgan fingerprint density at radius 2 is 1.85 bits per heavy atom. The number of ether oxygens (including phenoxy) is 2. The Morgan fingerprint density at radius 3 is 2.56 bits per heavy atom. The predicted octanol–water partition coefficient (Wildman–Crippen LogP) is 3.84. The molecule has 0 amide bonds. The molecule has 3 rings (SSSR count). The second kappa shape index (κ2) is 7.61. The van der Waals surface area contributed by atoms with Gasteiger partial charge in [0.15, 0.2) is 11.6 Å². The molecule has 0 atom stereocenters. The first-order valence-corrected chi connectivity index (χ1v) is 8.39. The van der Waals surface area contributed by atoms with E-state index in [-0.39, 0.29) is 18.8 Å². The summed E-state index contributed by atoms with van der Waals surface area (Å²) in [5.74, 6) is -0.953. The van der Waals surface area contributed by atoms with Crippen molar-refractivity contribution in [3.63, 3.8) is 0 Å². The van der Waals surface area contributed by atoms with Crippen molar-refractivity contribution in [1.29, 1.82) is 0 Å². The van der Waals surface area contributed by atoms with Crippen molar-refractivity contribution < 1.29 is 23.1 Å². The second-order valence-electron chi connectivity index (χ2n) is 6.33. The van der Waals surface area contributed by atoms with E-state index < -0.39 is 17.4 Å². The number of hydrogen-bond donors (Lipinski definition) is 0. The lowest BCUT2D eigenvalue weighted by molar-refractivity contribution is -0.144. The number of carbonyl (C=O) groups excluding carboxylic acids is 1. The number of hydrogen-bond acceptors (Lipinski definition) is 5. The molecule has 0 spiro atoms. The molecule has 0 unspecified atom stereocenters. The van der Waals surface area contributed by atoms with E-state index in [2.05, 4.69) is 0 Å². The van der Waals surface area contributed by atoms with Crippen LogP contribution >= 0.6 is 0 Å². The molecule has 0 radical (unpaired) electrons. The van der Waals surface area contributed by atoms with Gasteiger partial charge in [-0.15, -0.1) is 0 Å². The van der Waals surface area contributed by atoms with Crippen LogP contribution in [0.4, 0.5) is 4.39 Å². The van der Waals surface area contributed by atoms with Crippen molar-refractivity contribution in [2.24, 2.45) is 0 Å². The summed E-state index contributed by atoms with van der Waals surface area (Å²) < 4.78 is 29.1. The van der Waals surface area contributed by atoms with Crippen LogP contribution in [0.15, 0.2) is 45.6 Å². The van der Waals surface area contributed by atoms with E-state index in [9.17, 15) is 14.0 Å². The fourth-order valence-corrected chi connectivity index (χ4v) is 2.80. The van der Waals surface area contributed by atoms with Crippen LogP contribution in [0.25, 0.3) is 11.0 Å². The highest BCUT2D eigenvalue weighted by atomic mass is 19.1. The van der Waals surface area contributed by atoms with E-state index in [0.29, 0.717) is 16.7 Å². The summed E-state index contributed by atoms with van der Waals surface area (Å²) in [5.41, 5.74) is 3.03. The molecule has 0 bridgehead atoms. The first kappa shape index (κ1) is 18.6. The van der Waals surface area contributed by atoms with Crippen LogP contribution in [0.2, 0.25) is 0 Å². The Hall–Kier alpha value is -3.15. The summed E-state index contributed by atoms with van der Waals surface area (Å²) in [6.45, 7) is 3.81. The lowest BCUT2D eigenvalue weighted by atomic mass is 10.0. The Morgan fingerprint density at radius 1 is 1.11 bits per heavy atom. The van der Waals surface area contributed by atoms with E-state index >= 15 is 0 Å². The average Bonchev–Trinajstić information content (AvgIpc) is 2.61. The van der Waals surface area contributed by atoms with E-state index in [1.54, 1.807) is 12.1 Å². The Bertz CT molecular complexity index is 1070. The monoisotopic (exact) mass is 370 g/mol. The molecule has 0 saturated carbocycles. The van der Waals surface area contributed by atoms with Crippen molar-refractivity contribution in [2.45, 2.75) is 26.9 Å². The summed E-state index contributed by atoms with van der Waals surface area (Å²) in [4.78, 5) is 23.9. The van der Waals surface area contributed by atoms with Gasteiger partial charge in [-0.3, -0.25) is 4.79 Å². The van der Waals surface area contributed by atoms with Crippen molar-refractivity contribution in [1.82, 2.24) is 0 Å². The lowest BCUT2D eigenvalue weighted by Gasteiger charge is -2.09. The SMILES string of the molecule is COc1ccc(CC(=O)OCc2cc(=O)oc3cc(C)c(C)cc23)cc1F. The Kier molecular flexibility index (Phi) is 5.26. The number of aryl methyl sites for hydroxylation is 2. The number of methoxy groups -OCH3 is 1. The van der Waals surface area contributed by atoms with Gasteiger partial charge in [-0.05, 0) is 54.8 Å². The molecule has 1 aromatic heterocycles. The molecule has 0 aliphatic carbocycles. The minimum atomic E-state index is -0.541. The van der Waals surface area contributed by atoms with Gasteiger partial charge in [-0.25, -0.2) is 9.18 Å². The number of fused-ring (bicyclic) bond motifs is 1. The van der Waals surface area contributed by atoms with Gasteiger partial charge in [-0.2, -0.15) is 0 Å². The van der Waals surface area contributed by atoms with E-state index in [1.165, 1.54) is 25.3 Å². The van der Waals surface area contributed by atoms with Crippen molar-refractivity contribution in [3.8, 4) is 5.75 Å². The maximum atomic E-state index is 13.7.